The molecule has 4 nitrogen and oxygen atoms in total. The second-order valence-corrected chi connectivity index (χ2v) is 10.1. The van der Waals surface area contributed by atoms with Crippen LogP contribution in [0.3, 0.4) is 0 Å². The van der Waals surface area contributed by atoms with Crippen LogP contribution in [-0.2, 0) is 10.1 Å². The Hall–Kier alpha value is 1.51. The van der Waals surface area contributed by atoms with Crippen molar-refractivity contribution in [2.45, 2.75) is 147 Å². The summed E-state index contributed by atoms with van der Waals surface area (Å²) >= 11 is 0. The Bertz CT molecular complexity index is 429. The molecule has 0 aliphatic carbocycles. The Morgan fingerprint density at radius 3 is 1.34 bits per heavy atom. The maximum absolute atomic E-state index is 11.0. The van der Waals surface area contributed by atoms with Gasteiger partial charge in [0.1, 0.15) is 0 Å². The van der Waals surface area contributed by atoms with Crippen LogP contribution in [-0.4, -0.2) is 29.4 Å². The number of hydrogen-bond donors (Lipinski definition) is 1. The van der Waals surface area contributed by atoms with Crippen LogP contribution < -0.4 is 51.4 Å². The number of aliphatic hydroxyl groups is 1. The van der Waals surface area contributed by atoms with Gasteiger partial charge < -0.3 is 9.66 Å². The summed E-state index contributed by atoms with van der Waals surface area (Å²) in [6.45, 7) is 3.97. The number of rotatable bonds is 21. The molecule has 0 aromatic carbocycles. The number of hydrogen-bond acceptors (Lipinski definition) is 4. The van der Waals surface area contributed by atoms with Gasteiger partial charge in [-0.25, -0.2) is 8.42 Å². The van der Waals surface area contributed by atoms with Gasteiger partial charge in [0.05, 0.1) is 16.2 Å². The van der Waals surface area contributed by atoms with Crippen molar-refractivity contribution in [1.29, 1.82) is 0 Å². The smallest absolute Gasteiger partial charge is 0.748 e. The van der Waals surface area contributed by atoms with E-state index in [1.54, 1.807) is 6.92 Å². The fourth-order valence-electron chi connectivity index (χ4n) is 3.85. The molecule has 0 bridgehead atoms. The van der Waals surface area contributed by atoms with Crippen LogP contribution in [0.1, 0.15) is 136 Å². The molecule has 0 aliphatic heterocycles. The van der Waals surface area contributed by atoms with Gasteiger partial charge in [0.15, 0.2) is 0 Å². The van der Waals surface area contributed by atoms with Crippen LogP contribution in [0.25, 0.3) is 0 Å². The molecular formula is C23H47KO4S. The Morgan fingerprint density at radius 1 is 0.655 bits per heavy atom. The van der Waals surface area contributed by atoms with Crippen molar-refractivity contribution in [2.24, 2.45) is 0 Å². The van der Waals surface area contributed by atoms with Crippen molar-refractivity contribution in [3.05, 3.63) is 0 Å². The van der Waals surface area contributed by atoms with Gasteiger partial charge in [0, 0.05) is 5.25 Å². The van der Waals surface area contributed by atoms with Crippen molar-refractivity contribution in [3.8, 4) is 0 Å². The van der Waals surface area contributed by atoms with Gasteiger partial charge in [-0.05, 0) is 25.7 Å². The van der Waals surface area contributed by atoms with E-state index in [2.05, 4.69) is 6.92 Å². The third-order valence-corrected chi connectivity index (χ3v) is 7.20. The van der Waals surface area contributed by atoms with Gasteiger partial charge in [-0.15, -0.1) is 0 Å². The van der Waals surface area contributed by atoms with Gasteiger partial charge in [-0.3, -0.25) is 0 Å². The van der Waals surface area contributed by atoms with Crippen LogP contribution in [0.15, 0.2) is 0 Å². The zero-order valence-electron chi connectivity index (χ0n) is 19.7. The van der Waals surface area contributed by atoms with Crippen molar-refractivity contribution in [2.75, 3.05) is 0 Å². The minimum atomic E-state index is -4.10. The molecule has 1 N–H and O–H groups in total. The van der Waals surface area contributed by atoms with Gasteiger partial charge >= 0.3 is 51.4 Å². The zero-order chi connectivity index (χ0) is 21.1. The molecule has 0 saturated heterocycles. The summed E-state index contributed by atoms with van der Waals surface area (Å²) in [5.74, 6) is 0. The predicted octanol–water partition coefficient (Wildman–Crippen LogP) is 3.72. The molecule has 0 radical (unpaired) electrons. The molecule has 0 saturated carbocycles. The summed E-state index contributed by atoms with van der Waals surface area (Å²) in [6.07, 6.45) is 20.9. The monoisotopic (exact) mass is 458 g/mol. The molecule has 0 rings (SSSR count). The molecule has 0 spiro atoms. The summed E-state index contributed by atoms with van der Waals surface area (Å²) in [4.78, 5) is 0. The molecule has 2 atom stereocenters. The predicted molar refractivity (Wildman–Crippen MR) is 119 cm³/mol. The molecule has 0 aromatic heterocycles. The molecule has 29 heavy (non-hydrogen) atoms. The Labute approximate surface area is 224 Å². The first-order valence-electron chi connectivity index (χ1n) is 12.0. The molecule has 0 aliphatic rings. The molecular weight excluding hydrogens is 411 g/mol. The summed E-state index contributed by atoms with van der Waals surface area (Å²) in [6, 6.07) is 0. The number of unbranched alkanes of at least 4 members (excludes halogenated alkanes) is 13. The first-order chi connectivity index (χ1) is 13.4. The minimum absolute atomic E-state index is 0. The van der Waals surface area contributed by atoms with Crippen molar-refractivity contribution in [1.82, 2.24) is 0 Å². The quantitative estimate of drug-likeness (QED) is 0.162. The average molecular weight is 459 g/mol. The average Bonchev–Trinajstić information content (AvgIpc) is 2.64. The van der Waals surface area contributed by atoms with E-state index < -0.39 is 15.4 Å². The fourth-order valence-corrected chi connectivity index (χ4v) is 4.71. The van der Waals surface area contributed by atoms with Crippen molar-refractivity contribution >= 4 is 10.1 Å². The molecule has 2 unspecified atom stereocenters. The second kappa shape index (κ2) is 22.7. The van der Waals surface area contributed by atoms with Crippen molar-refractivity contribution < 1.29 is 69.5 Å². The Kier molecular flexibility index (Phi) is 25.6. The van der Waals surface area contributed by atoms with E-state index in [0.29, 0.717) is 12.8 Å². The van der Waals surface area contributed by atoms with Crippen molar-refractivity contribution in [3.63, 3.8) is 0 Å². The molecule has 0 amide bonds. The first kappa shape index (κ1) is 32.7. The normalized spacial score (nSPS) is 13.8. The van der Waals surface area contributed by atoms with Gasteiger partial charge in [-0.2, -0.15) is 0 Å². The van der Waals surface area contributed by atoms with E-state index in [0.717, 1.165) is 32.1 Å². The Balaban J connectivity index is 0. The van der Waals surface area contributed by atoms with Crippen LogP contribution in [0.5, 0.6) is 0 Å². The molecule has 0 heterocycles. The second-order valence-electron chi connectivity index (χ2n) is 8.49. The van der Waals surface area contributed by atoms with E-state index in [1.165, 1.54) is 77.0 Å². The molecule has 170 valence electrons. The van der Waals surface area contributed by atoms with Crippen LogP contribution in [0, 0.1) is 0 Å². The summed E-state index contributed by atoms with van der Waals surface area (Å²) in [5, 5.41) is 9.20. The molecule has 0 fully saturated rings. The van der Waals surface area contributed by atoms with Crippen LogP contribution >= 0.6 is 0 Å². The summed E-state index contributed by atoms with van der Waals surface area (Å²) in [7, 11) is -4.10. The first-order valence-corrected chi connectivity index (χ1v) is 13.5. The molecule has 0 aromatic rings. The van der Waals surface area contributed by atoms with Gasteiger partial charge in [-0.1, -0.05) is 110 Å². The molecule has 6 heteroatoms. The minimum Gasteiger partial charge on any atom is -0.748 e. The fraction of sp³-hybridized carbons (Fsp3) is 1.00. The largest absolute Gasteiger partial charge is 1.00 e. The van der Waals surface area contributed by atoms with E-state index in [4.69, 9.17) is 0 Å². The maximum atomic E-state index is 11.0. The zero-order valence-corrected chi connectivity index (χ0v) is 23.6. The van der Waals surface area contributed by atoms with Gasteiger partial charge in [0.2, 0.25) is 0 Å². The van der Waals surface area contributed by atoms with Crippen LogP contribution in [0.4, 0.5) is 0 Å². The van der Waals surface area contributed by atoms with E-state index in [1.807, 2.05) is 0 Å². The standard InChI is InChI=1S/C23H48O4S.K/c1-3-5-16-19-22(24)20-17-14-12-10-8-6-7-9-11-13-15-18-21-23(4-2)28(25,26)27;/h22-24H,3-21H2,1-2H3,(H,25,26,27);/q;+1/p-1. The van der Waals surface area contributed by atoms with Crippen LogP contribution in [0.2, 0.25) is 0 Å². The van der Waals surface area contributed by atoms with E-state index in [-0.39, 0.29) is 57.5 Å². The maximum Gasteiger partial charge on any atom is 1.00 e. The van der Waals surface area contributed by atoms with E-state index in [9.17, 15) is 18.1 Å². The summed E-state index contributed by atoms with van der Waals surface area (Å²) < 4.78 is 33.1. The Morgan fingerprint density at radius 2 is 1.00 bits per heavy atom. The van der Waals surface area contributed by atoms with Gasteiger partial charge in [0.25, 0.3) is 0 Å². The SMILES string of the molecule is CCCCCC(O)CCCCCCCCCCCCCCC(CC)S(=O)(=O)[O-].[K+]. The third-order valence-electron chi connectivity index (χ3n) is 5.82. The third kappa shape index (κ3) is 22.5. The summed E-state index contributed by atoms with van der Waals surface area (Å²) in [5.41, 5.74) is 0. The number of aliphatic hydroxyl groups excluding tert-OH is 1. The van der Waals surface area contributed by atoms with E-state index >= 15 is 0 Å². The topological polar surface area (TPSA) is 77.4 Å².